The summed E-state index contributed by atoms with van der Waals surface area (Å²) in [5.74, 6) is -1.25. The summed E-state index contributed by atoms with van der Waals surface area (Å²) in [5.41, 5.74) is 0.830. The number of hydrogen-bond acceptors (Lipinski definition) is 7. The average Bonchev–Trinajstić information content (AvgIpc) is 2.78. The van der Waals surface area contributed by atoms with Crippen molar-refractivity contribution in [3.05, 3.63) is 65.9 Å². The van der Waals surface area contributed by atoms with Gasteiger partial charge in [-0.3, -0.25) is 9.59 Å². The number of amides is 1. The molecule has 8 heteroatoms. The molecule has 0 saturated carbocycles. The second-order valence-corrected chi connectivity index (χ2v) is 8.70. The molecule has 0 unspecified atom stereocenters. The molecule has 8 nitrogen and oxygen atoms in total. The molecule has 0 aliphatic carbocycles. The first-order valence-electron chi connectivity index (χ1n) is 12.0. The first-order chi connectivity index (χ1) is 16.9. The van der Waals surface area contributed by atoms with Crippen molar-refractivity contribution in [2.75, 3.05) is 0 Å². The van der Waals surface area contributed by atoms with Gasteiger partial charge < -0.3 is 24.6 Å². The summed E-state index contributed by atoms with van der Waals surface area (Å²) >= 11 is 0. The van der Waals surface area contributed by atoms with E-state index in [1.165, 1.54) is 19.2 Å². The molecular formula is C27H33NO7. The van der Waals surface area contributed by atoms with Crippen molar-refractivity contribution < 1.29 is 33.7 Å². The Morgan fingerprint density at radius 2 is 1.97 bits per heavy atom. The van der Waals surface area contributed by atoms with E-state index in [0.29, 0.717) is 37.7 Å². The number of aliphatic hydroxyl groups is 1. The molecule has 1 saturated heterocycles. The molecule has 0 radical (unpaired) electrons. The van der Waals surface area contributed by atoms with Crippen LogP contribution in [0.2, 0.25) is 0 Å². The zero-order valence-electron chi connectivity index (χ0n) is 20.1. The summed E-state index contributed by atoms with van der Waals surface area (Å²) in [6, 6.07) is 5.04. The highest BCUT2D eigenvalue weighted by molar-refractivity contribution is 5.95. The molecule has 1 aromatic carbocycles. The van der Waals surface area contributed by atoms with Crippen LogP contribution in [-0.4, -0.2) is 47.4 Å². The lowest BCUT2D eigenvalue weighted by atomic mass is 9.91. The normalized spacial score (nSPS) is 24.8. The molecule has 0 aromatic heterocycles. The lowest BCUT2D eigenvalue weighted by Gasteiger charge is -2.36. The predicted octanol–water partition coefficient (Wildman–Crippen LogP) is 3.53. The van der Waals surface area contributed by atoms with E-state index in [2.05, 4.69) is 5.32 Å². The first kappa shape index (κ1) is 26.4. The number of hydrogen-bond donors (Lipinski definition) is 2. The molecule has 2 aliphatic rings. The maximum atomic E-state index is 13.2. The number of rotatable bonds is 7. The molecule has 2 heterocycles. The molecule has 2 bridgehead atoms. The van der Waals surface area contributed by atoms with Crippen molar-refractivity contribution in [2.45, 2.75) is 76.8 Å². The van der Waals surface area contributed by atoms with Gasteiger partial charge in [0.1, 0.15) is 17.4 Å². The molecular weight excluding hydrogens is 450 g/mol. The molecule has 2 N–H and O–H groups in total. The quantitative estimate of drug-likeness (QED) is 0.264. The maximum Gasteiger partial charge on any atom is 0.342 e. The highest BCUT2D eigenvalue weighted by Gasteiger charge is 2.34. The minimum atomic E-state index is -0.578. The lowest BCUT2D eigenvalue weighted by molar-refractivity contribution is -0.131. The maximum absolute atomic E-state index is 13.2. The molecule has 1 aromatic rings. The van der Waals surface area contributed by atoms with E-state index in [4.69, 9.17) is 14.2 Å². The van der Waals surface area contributed by atoms with E-state index in [1.807, 2.05) is 13.0 Å². The van der Waals surface area contributed by atoms with E-state index in [1.54, 1.807) is 36.4 Å². The van der Waals surface area contributed by atoms with E-state index in [-0.39, 0.29) is 29.4 Å². The van der Waals surface area contributed by atoms with Crippen molar-refractivity contribution in [1.29, 1.82) is 0 Å². The fourth-order valence-corrected chi connectivity index (χ4v) is 4.30. The van der Waals surface area contributed by atoms with Crippen molar-refractivity contribution in [3.63, 3.8) is 0 Å². The number of ether oxygens (including phenoxy) is 3. The van der Waals surface area contributed by atoms with Crippen LogP contribution in [0.5, 0.6) is 5.75 Å². The van der Waals surface area contributed by atoms with Crippen LogP contribution in [0.15, 0.2) is 54.8 Å². The van der Waals surface area contributed by atoms with Gasteiger partial charge in [-0.05, 0) is 37.3 Å². The van der Waals surface area contributed by atoms with Crippen molar-refractivity contribution >= 4 is 17.8 Å². The number of fused-ring (bicyclic) bond motifs is 3. The molecule has 3 rings (SSSR count). The number of esters is 2. The highest BCUT2D eigenvalue weighted by Crippen LogP contribution is 2.32. The number of cyclic esters (lactones) is 1. The molecule has 2 aliphatic heterocycles. The summed E-state index contributed by atoms with van der Waals surface area (Å²) in [7, 11) is 0. The Kier molecular flexibility index (Phi) is 9.81. The molecule has 0 spiro atoms. The Bertz CT molecular complexity index is 997. The fraction of sp³-hybridized carbons (Fsp3) is 0.444. The third-order valence-corrected chi connectivity index (χ3v) is 5.75. The van der Waals surface area contributed by atoms with Gasteiger partial charge in [-0.2, -0.15) is 0 Å². The predicted molar refractivity (Wildman–Crippen MR) is 130 cm³/mol. The first-order valence-corrected chi connectivity index (χ1v) is 12.0. The molecule has 1 amide bonds. The standard InChI is InChI=1S/C27H33NO7/c1-3-4-5-6-12-25(31)28-13-8-10-21-17-23-16-20(30)15-22(34-23)14-19-9-7-11-24(33-18(2)29)26(19)27(32)35-21/h4-9,11-13,20-23,30H,3,10,14-17H2,1-2H3,(H,28,31)/b5-4-,12-6-,13-8+/t20-,21+,22+,23-/m1/s1. The number of allylic oxidation sites excluding steroid dienone is 3. The van der Waals surface area contributed by atoms with E-state index in [0.717, 1.165) is 6.42 Å². The van der Waals surface area contributed by atoms with Gasteiger partial charge in [0.2, 0.25) is 5.91 Å². The molecule has 35 heavy (non-hydrogen) atoms. The Hall–Kier alpha value is -3.23. The third kappa shape index (κ3) is 8.19. The highest BCUT2D eigenvalue weighted by atomic mass is 16.6. The fourth-order valence-electron chi connectivity index (χ4n) is 4.30. The Balaban J connectivity index is 1.77. The smallest absolute Gasteiger partial charge is 0.342 e. The lowest BCUT2D eigenvalue weighted by Crippen LogP contribution is -2.40. The summed E-state index contributed by atoms with van der Waals surface area (Å²) < 4.78 is 17.3. The van der Waals surface area contributed by atoms with Crippen LogP contribution in [-0.2, 0) is 25.5 Å². The van der Waals surface area contributed by atoms with Crippen LogP contribution in [0.25, 0.3) is 0 Å². The van der Waals surface area contributed by atoms with Gasteiger partial charge >= 0.3 is 11.9 Å². The van der Waals surface area contributed by atoms with Crippen LogP contribution < -0.4 is 10.1 Å². The zero-order chi connectivity index (χ0) is 25.2. The van der Waals surface area contributed by atoms with Gasteiger partial charge in [0.15, 0.2) is 0 Å². The minimum Gasteiger partial charge on any atom is -0.458 e. The molecule has 4 atom stereocenters. The summed E-state index contributed by atoms with van der Waals surface area (Å²) in [5, 5.41) is 13.1. The minimum absolute atomic E-state index is 0.138. The van der Waals surface area contributed by atoms with Crippen LogP contribution >= 0.6 is 0 Å². The SMILES string of the molecule is CC/C=C\C=C/C(=O)N/C=C/C[C@H]1C[C@H]2C[C@H](O)C[C@H](Cc3cccc(OC(C)=O)c3C(=O)O1)O2. The van der Waals surface area contributed by atoms with Gasteiger partial charge in [0.05, 0.1) is 18.3 Å². The topological polar surface area (TPSA) is 111 Å². The number of carbonyl (C=O) groups excluding carboxylic acids is 3. The third-order valence-electron chi connectivity index (χ3n) is 5.75. The Labute approximate surface area is 205 Å². The van der Waals surface area contributed by atoms with Gasteiger partial charge in [-0.1, -0.05) is 43.4 Å². The number of benzene rings is 1. The number of carbonyl (C=O) groups is 3. The average molecular weight is 484 g/mol. The van der Waals surface area contributed by atoms with Gasteiger partial charge in [-0.25, -0.2) is 4.79 Å². The monoisotopic (exact) mass is 483 g/mol. The van der Waals surface area contributed by atoms with Crippen molar-refractivity contribution in [3.8, 4) is 5.75 Å². The van der Waals surface area contributed by atoms with Gasteiger partial charge in [0.25, 0.3) is 0 Å². The van der Waals surface area contributed by atoms with Gasteiger partial charge in [-0.15, -0.1) is 0 Å². The van der Waals surface area contributed by atoms with Crippen molar-refractivity contribution in [1.82, 2.24) is 5.32 Å². The summed E-state index contributed by atoms with van der Waals surface area (Å²) in [6.07, 6.45) is 11.4. The van der Waals surface area contributed by atoms with Crippen LogP contribution in [0.1, 0.15) is 61.9 Å². The summed E-state index contributed by atoms with van der Waals surface area (Å²) in [6.45, 7) is 3.28. The second kappa shape index (κ2) is 13.0. The largest absolute Gasteiger partial charge is 0.458 e. The van der Waals surface area contributed by atoms with Crippen LogP contribution in [0, 0.1) is 0 Å². The van der Waals surface area contributed by atoms with Crippen molar-refractivity contribution in [2.24, 2.45) is 0 Å². The van der Waals surface area contributed by atoms with Gasteiger partial charge in [0, 0.05) is 32.0 Å². The number of aliphatic hydroxyl groups excluding tert-OH is 1. The van der Waals surface area contributed by atoms with E-state index in [9.17, 15) is 19.5 Å². The van der Waals surface area contributed by atoms with Crippen LogP contribution in [0.4, 0.5) is 0 Å². The Morgan fingerprint density at radius 1 is 1.17 bits per heavy atom. The summed E-state index contributed by atoms with van der Waals surface area (Å²) in [4.78, 5) is 36.7. The zero-order valence-corrected chi connectivity index (χ0v) is 20.1. The number of nitrogens with one attached hydrogen (secondary N) is 1. The Morgan fingerprint density at radius 3 is 2.74 bits per heavy atom. The van der Waals surface area contributed by atoms with E-state index < -0.39 is 24.1 Å². The second-order valence-electron chi connectivity index (χ2n) is 8.70. The molecule has 188 valence electrons. The molecule has 1 fully saturated rings. The van der Waals surface area contributed by atoms with Crippen LogP contribution in [0.3, 0.4) is 0 Å². The van der Waals surface area contributed by atoms with E-state index >= 15 is 0 Å².